The molecule has 0 spiro atoms. The maximum Gasteiger partial charge on any atom is 0.308 e. The lowest BCUT2D eigenvalue weighted by molar-refractivity contribution is -0.177. The molecule has 5 aliphatic heterocycles. The number of nitrogens with two attached hydrogens (primary N) is 1. The van der Waals surface area contributed by atoms with Gasteiger partial charge in [-0.25, -0.2) is 0 Å². The van der Waals surface area contributed by atoms with Crippen molar-refractivity contribution in [1.82, 2.24) is 42.5 Å². The zero-order valence-corrected chi connectivity index (χ0v) is 29.6. The minimum atomic E-state index is -1.84. The van der Waals surface area contributed by atoms with E-state index < -0.39 is 71.7 Å². The van der Waals surface area contributed by atoms with E-state index in [1.807, 2.05) is 0 Å². The number of carbonyl (C=O) groups excluding carboxylic acids is 1. The van der Waals surface area contributed by atoms with Crippen LogP contribution in [0.5, 0.6) is 0 Å². The highest BCUT2D eigenvalue weighted by Gasteiger charge is 2.67. The largest absolute Gasteiger partial charge is 0.481 e. The molecule has 0 aromatic carbocycles. The topological polar surface area (TPSA) is 251 Å². The molecular weight excluding hydrogens is 670 g/mol. The molecule has 1 amide bonds. The van der Waals surface area contributed by atoms with E-state index in [1.165, 1.54) is 25.7 Å². The molecule has 52 heavy (non-hydrogen) atoms. The van der Waals surface area contributed by atoms with Crippen LogP contribution in [0.25, 0.3) is 0 Å². The minimum absolute atomic E-state index is 0.0144. The van der Waals surface area contributed by atoms with Gasteiger partial charge in [-0.2, -0.15) is 0 Å². The third-order valence-electron chi connectivity index (χ3n) is 15.5. The normalized spacial score (nSPS) is 52.5. The van der Waals surface area contributed by atoms with Crippen LogP contribution in [0, 0.1) is 71.0 Å². The molecule has 8 bridgehead atoms. The van der Waals surface area contributed by atoms with Crippen LogP contribution in [0.15, 0.2) is 0 Å². The van der Waals surface area contributed by atoms with Crippen molar-refractivity contribution in [2.24, 2.45) is 76.7 Å². The van der Waals surface area contributed by atoms with Crippen LogP contribution in [0.2, 0.25) is 0 Å². The maximum absolute atomic E-state index is 13.4. The third-order valence-corrected chi connectivity index (χ3v) is 15.5. The number of amides is 1. The van der Waals surface area contributed by atoms with Crippen LogP contribution in [0.4, 0.5) is 0 Å². The van der Waals surface area contributed by atoms with Crippen LogP contribution in [0.1, 0.15) is 77.0 Å². The van der Waals surface area contributed by atoms with Gasteiger partial charge in [0.1, 0.15) is 0 Å². The van der Waals surface area contributed by atoms with Gasteiger partial charge in [-0.15, -0.1) is 0 Å². The van der Waals surface area contributed by atoms with Crippen LogP contribution in [0.3, 0.4) is 0 Å². The average Bonchev–Trinajstić information content (AvgIpc) is 3.86. The second-order valence-electron chi connectivity index (χ2n) is 17.7. The number of aliphatic carboxylic acids is 3. The van der Waals surface area contributed by atoms with Crippen LogP contribution in [-0.4, -0.2) is 88.5 Å². The van der Waals surface area contributed by atoms with E-state index in [9.17, 15) is 34.5 Å². The molecule has 9 aliphatic rings. The smallest absolute Gasteiger partial charge is 0.308 e. The highest BCUT2D eigenvalue weighted by Crippen LogP contribution is 2.52. The Morgan fingerprint density at radius 1 is 0.365 bits per heavy atom. The summed E-state index contributed by atoms with van der Waals surface area (Å²) in [7, 11) is 0. The Balaban J connectivity index is 1.14. The van der Waals surface area contributed by atoms with Crippen molar-refractivity contribution in [2.75, 3.05) is 0 Å². The molecule has 0 aromatic heterocycles. The van der Waals surface area contributed by atoms with E-state index in [0.717, 1.165) is 51.4 Å². The van der Waals surface area contributed by atoms with Crippen LogP contribution >= 0.6 is 0 Å². The first kappa shape index (κ1) is 35.3. The quantitative estimate of drug-likeness (QED) is 0.170. The first-order valence-corrected chi connectivity index (χ1v) is 20.2. The van der Waals surface area contributed by atoms with Crippen molar-refractivity contribution in [3.8, 4) is 0 Å². The Morgan fingerprint density at radius 3 is 0.865 bits per heavy atom. The van der Waals surface area contributed by atoms with Gasteiger partial charge in [0.05, 0.1) is 73.0 Å². The minimum Gasteiger partial charge on any atom is -0.481 e. The predicted octanol–water partition coefficient (Wildman–Crippen LogP) is -0.751. The number of hydrogen-bond donors (Lipinski definition) is 12. The van der Waals surface area contributed by atoms with Crippen molar-refractivity contribution in [3.05, 3.63) is 0 Å². The van der Waals surface area contributed by atoms with E-state index in [4.69, 9.17) is 5.73 Å². The monoisotopic (exact) mass is 727 g/mol. The van der Waals surface area contributed by atoms with Gasteiger partial charge >= 0.3 is 17.9 Å². The van der Waals surface area contributed by atoms with Gasteiger partial charge < -0.3 is 21.1 Å². The van der Waals surface area contributed by atoms with Crippen molar-refractivity contribution in [1.29, 1.82) is 0 Å². The van der Waals surface area contributed by atoms with Gasteiger partial charge in [-0.1, -0.05) is 38.5 Å². The van der Waals surface area contributed by atoms with E-state index in [0.29, 0.717) is 23.7 Å². The number of carbonyl (C=O) groups is 4. The Labute approximate surface area is 303 Å². The number of nitrogens with one attached hydrogen (secondary N) is 8. The summed E-state index contributed by atoms with van der Waals surface area (Å²) in [5, 5.41) is 62.7. The third kappa shape index (κ3) is 5.69. The van der Waals surface area contributed by atoms with Gasteiger partial charge in [-0.05, 0) is 74.0 Å². The molecule has 4 aliphatic carbocycles. The van der Waals surface area contributed by atoms with Crippen molar-refractivity contribution < 1.29 is 34.5 Å². The summed E-state index contributed by atoms with van der Waals surface area (Å²) in [5.74, 6) is -11.6. The standard InChI is InChI=1S/C36H57N9O7/c37-25(46)19-20-21(23(35(49)50)24(36(51)52)22(19)34(47)48)33-44-31-18-12-6-4-10-16(18)29(42-31)40-27-14-8-2-1-7-13(14)26(38-27)39-28-15-9-3-5-11-17(15)30(41-28)43-32(20)45-33/h13-24,26-33,38-45H,1-12H2,(H2,37,46)(H,47,48)(H,49,50)(H,51,52). The molecule has 0 aromatic rings. The van der Waals surface area contributed by atoms with Gasteiger partial charge in [-0.3, -0.25) is 61.7 Å². The molecule has 16 nitrogen and oxygen atoms in total. The van der Waals surface area contributed by atoms with E-state index in [1.54, 1.807) is 0 Å². The molecule has 4 saturated carbocycles. The van der Waals surface area contributed by atoms with E-state index in [2.05, 4.69) is 42.5 Å². The number of carboxylic acids is 3. The van der Waals surface area contributed by atoms with Crippen molar-refractivity contribution >= 4 is 23.8 Å². The molecule has 5 heterocycles. The number of carboxylic acid groups (broad SMARTS) is 3. The fourth-order valence-corrected chi connectivity index (χ4v) is 13.5. The number of hydrogen-bond acceptors (Lipinski definition) is 12. The first-order chi connectivity index (χ1) is 25.1. The molecule has 9 fully saturated rings. The lowest BCUT2D eigenvalue weighted by atomic mass is 9.56. The molecule has 5 saturated heterocycles. The number of rotatable bonds is 4. The van der Waals surface area contributed by atoms with Gasteiger partial charge in [0, 0.05) is 11.8 Å². The molecule has 13 N–H and O–H groups in total. The van der Waals surface area contributed by atoms with Crippen LogP contribution < -0.4 is 48.3 Å². The maximum atomic E-state index is 13.4. The van der Waals surface area contributed by atoms with Gasteiger partial charge in [0.2, 0.25) is 5.91 Å². The molecule has 20 unspecified atom stereocenters. The summed E-state index contributed by atoms with van der Waals surface area (Å²) >= 11 is 0. The zero-order chi connectivity index (χ0) is 36.0. The summed E-state index contributed by atoms with van der Waals surface area (Å²) < 4.78 is 0. The summed E-state index contributed by atoms with van der Waals surface area (Å²) in [6.45, 7) is 0. The summed E-state index contributed by atoms with van der Waals surface area (Å²) in [6.07, 6.45) is 11.8. The molecule has 0 radical (unpaired) electrons. The Hall–Kier alpha value is -2.44. The average molecular weight is 728 g/mol. The zero-order valence-electron chi connectivity index (χ0n) is 29.6. The Kier molecular flexibility index (Phi) is 9.29. The number of primary amides is 1. The molecule has 9 rings (SSSR count). The first-order valence-electron chi connectivity index (χ1n) is 20.2. The van der Waals surface area contributed by atoms with Crippen LogP contribution in [-0.2, 0) is 19.2 Å². The second kappa shape index (κ2) is 13.7. The van der Waals surface area contributed by atoms with Crippen molar-refractivity contribution in [3.63, 3.8) is 0 Å². The van der Waals surface area contributed by atoms with Gasteiger partial charge in [0.15, 0.2) is 0 Å². The van der Waals surface area contributed by atoms with Gasteiger partial charge in [0.25, 0.3) is 0 Å². The molecule has 20 atom stereocenters. The SMILES string of the molecule is NC(=O)C1C(C(=O)O)C(C(=O)O)C(C(=O)O)C2C3NC4NC(NC5NC(NC6NC(NC(N3)C12)C1CCCCC61)C1CCCCC51)C1CCCCC41. The number of fused-ring (bicyclic) bond motifs is 20. The lowest BCUT2D eigenvalue weighted by Crippen LogP contribution is -2.62. The summed E-state index contributed by atoms with van der Waals surface area (Å²) in [5.41, 5.74) is 6.03. The summed E-state index contributed by atoms with van der Waals surface area (Å²) in [6, 6.07) is 0. The molecule has 16 heteroatoms. The Bertz CT molecular complexity index is 1340. The molecular formula is C36H57N9O7. The lowest BCUT2D eigenvalue weighted by Gasteiger charge is -2.46. The van der Waals surface area contributed by atoms with Crippen molar-refractivity contribution in [2.45, 2.75) is 126 Å². The molecule has 288 valence electrons. The Morgan fingerprint density at radius 2 is 0.596 bits per heavy atom. The van der Waals surface area contributed by atoms with E-state index >= 15 is 0 Å². The predicted molar refractivity (Wildman–Crippen MR) is 185 cm³/mol. The fraction of sp³-hybridized carbons (Fsp3) is 0.889. The second-order valence-corrected chi connectivity index (χ2v) is 17.7. The highest BCUT2D eigenvalue weighted by molar-refractivity contribution is 5.91. The summed E-state index contributed by atoms with van der Waals surface area (Å²) in [4.78, 5) is 52.4. The highest BCUT2D eigenvalue weighted by atomic mass is 16.4. The van der Waals surface area contributed by atoms with E-state index in [-0.39, 0.29) is 48.8 Å². The fourth-order valence-electron chi connectivity index (χ4n) is 13.5.